The Balaban J connectivity index is 2.07. The van der Waals surface area contributed by atoms with Crippen LogP contribution in [0.15, 0.2) is 18.2 Å². The van der Waals surface area contributed by atoms with Gasteiger partial charge in [-0.2, -0.15) is 0 Å². The van der Waals surface area contributed by atoms with Crippen LogP contribution in [0.5, 0.6) is 0 Å². The van der Waals surface area contributed by atoms with Gasteiger partial charge in [-0.3, -0.25) is 9.59 Å². The molecule has 0 aliphatic carbocycles. The van der Waals surface area contributed by atoms with Gasteiger partial charge in [0.05, 0.1) is 0 Å². The number of likely N-dealkylation sites (tertiary alicyclic amines) is 1. The van der Waals surface area contributed by atoms with Gasteiger partial charge in [0, 0.05) is 32.1 Å². The molecular weight excluding hydrogens is 295 g/mol. The standard InChI is InChI=1S/C15H18ClFN2O2/c1-10(20)19-7-3-4-14(19)15(21)18(2)9-11-5-6-12(17)8-13(11)16/h5-6,8,14H,3-4,7,9H2,1-2H3/t14-/m0/s1. The summed E-state index contributed by atoms with van der Waals surface area (Å²) in [5.74, 6) is -0.599. The van der Waals surface area contributed by atoms with Crippen molar-refractivity contribution in [3.05, 3.63) is 34.6 Å². The van der Waals surface area contributed by atoms with Crippen LogP contribution < -0.4 is 0 Å². The third kappa shape index (κ3) is 3.53. The fraction of sp³-hybridized carbons (Fsp3) is 0.467. The van der Waals surface area contributed by atoms with E-state index in [0.717, 1.165) is 6.42 Å². The van der Waals surface area contributed by atoms with Crippen molar-refractivity contribution in [2.24, 2.45) is 0 Å². The van der Waals surface area contributed by atoms with E-state index in [9.17, 15) is 14.0 Å². The largest absolute Gasteiger partial charge is 0.340 e. The smallest absolute Gasteiger partial charge is 0.245 e. The van der Waals surface area contributed by atoms with E-state index in [1.807, 2.05) is 0 Å². The van der Waals surface area contributed by atoms with Gasteiger partial charge < -0.3 is 9.80 Å². The van der Waals surface area contributed by atoms with Crippen LogP contribution in [0.1, 0.15) is 25.3 Å². The molecule has 1 aliphatic rings. The van der Waals surface area contributed by atoms with Gasteiger partial charge in [0.25, 0.3) is 0 Å². The molecular formula is C15H18ClFN2O2. The van der Waals surface area contributed by atoms with Crippen molar-refractivity contribution in [2.45, 2.75) is 32.4 Å². The molecule has 1 fully saturated rings. The maximum absolute atomic E-state index is 13.0. The highest BCUT2D eigenvalue weighted by Gasteiger charge is 2.34. The molecule has 2 amide bonds. The molecule has 1 aromatic rings. The Morgan fingerprint density at radius 2 is 2.19 bits per heavy atom. The van der Waals surface area contributed by atoms with Gasteiger partial charge in [0.1, 0.15) is 11.9 Å². The molecule has 2 rings (SSSR count). The van der Waals surface area contributed by atoms with E-state index < -0.39 is 11.9 Å². The average Bonchev–Trinajstić information content (AvgIpc) is 2.90. The van der Waals surface area contributed by atoms with Gasteiger partial charge in [0.15, 0.2) is 0 Å². The molecule has 0 aromatic heterocycles. The first kappa shape index (κ1) is 15.8. The molecule has 1 saturated heterocycles. The van der Waals surface area contributed by atoms with E-state index in [-0.39, 0.29) is 11.8 Å². The fourth-order valence-corrected chi connectivity index (χ4v) is 2.87. The zero-order valence-electron chi connectivity index (χ0n) is 12.1. The maximum atomic E-state index is 13.0. The van der Waals surface area contributed by atoms with E-state index in [2.05, 4.69) is 0 Å². The highest BCUT2D eigenvalue weighted by atomic mass is 35.5. The van der Waals surface area contributed by atoms with E-state index in [0.29, 0.717) is 30.1 Å². The number of hydrogen-bond donors (Lipinski definition) is 0. The first-order valence-electron chi connectivity index (χ1n) is 6.86. The Hall–Kier alpha value is -1.62. The molecule has 4 nitrogen and oxygen atoms in total. The van der Waals surface area contributed by atoms with Gasteiger partial charge in [-0.15, -0.1) is 0 Å². The zero-order chi connectivity index (χ0) is 15.6. The zero-order valence-corrected chi connectivity index (χ0v) is 12.9. The number of carbonyl (C=O) groups excluding carboxylic acids is 2. The molecule has 1 atom stereocenters. The summed E-state index contributed by atoms with van der Waals surface area (Å²) >= 11 is 5.97. The van der Waals surface area contributed by atoms with E-state index >= 15 is 0 Å². The Morgan fingerprint density at radius 3 is 2.81 bits per heavy atom. The topological polar surface area (TPSA) is 40.6 Å². The lowest BCUT2D eigenvalue weighted by atomic mass is 10.1. The number of rotatable bonds is 3. The third-order valence-corrected chi connectivity index (χ3v) is 4.09. The van der Waals surface area contributed by atoms with Crippen molar-refractivity contribution in [1.82, 2.24) is 9.80 Å². The number of benzene rings is 1. The van der Waals surface area contributed by atoms with Gasteiger partial charge in [-0.25, -0.2) is 4.39 Å². The predicted octanol–water partition coefficient (Wildman–Crippen LogP) is 2.45. The van der Waals surface area contributed by atoms with Crippen LogP contribution in [0.25, 0.3) is 0 Å². The summed E-state index contributed by atoms with van der Waals surface area (Å²) in [4.78, 5) is 27.1. The first-order chi connectivity index (χ1) is 9.90. The highest BCUT2D eigenvalue weighted by Crippen LogP contribution is 2.22. The van der Waals surface area contributed by atoms with Gasteiger partial charge in [0.2, 0.25) is 11.8 Å². The summed E-state index contributed by atoms with van der Waals surface area (Å²) in [5.41, 5.74) is 0.682. The Kier molecular flexibility index (Phi) is 4.83. The second-order valence-corrected chi connectivity index (χ2v) is 5.71. The lowest BCUT2D eigenvalue weighted by Gasteiger charge is -2.27. The third-order valence-electron chi connectivity index (χ3n) is 3.74. The average molecular weight is 313 g/mol. The van der Waals surface area contributed by atoms with Gasteiger partial charge in [-0.05, 0) is 30.5 Å². The van der Waals surface area contributed by atoms with Crippen molar-refractivity contribution in [3.63, 3.8) is 0 Å². The molecule has 0 bridgehead atoms. The van der Waals surface area contributed by atoms with Crippen LogP contribution in [0, 0.1) is 5.82 Å². The van der Waals surface area contributed by atoms with Gasteiger partial charge in [-0.1, -0.05) is 17.7 Å². The second-order valence-electron chi connectivity index (χ2n) is 5.30. The molecule has 1 heterocycles. The van der Waals surface area contributed by atoms with Crippen LogP contribution in [-0.4, -0.2) is 41.2 Å². The Morgan fingerprint density at radius 1 is 1.48 bits per heavy atom. The number of likely N-dealkylation sites (N-methyl/N-ethyl adjacent to an activating group) is 1. The molecule has 0 unspecified atom stereocenters. The summed E-state index contributed by atoms with van der Waals surface area (Å²) in [6.07, 6.45) is 1.51. The minimum atomic E-state index is -0.406. The quantitative estimate of drug-likeness (QED) is 0.860. The minimum absolute atomic E-state index is 0.0842. The molecule has 0 radical (unpaired) electrons. The summed E-state index contributed by atoms with van der Waals surface area (Å²) in [6, 6.07) is 3.72. The van der Waals surface area contributed by atoms with E-state index in [1.165, 1.54) is 24.0 Å². The Labute approximate surface area is 128 Å². The maximum Gasteiger partial charge on any atom is 0.245 e. The van der Waals surface area contributed by atoms with Crippen molar-refractivity contribution < 1.29 is 14.0 Å². The van der Waals surface area contributed by atoms with Crippen molar-refractivity contribution in [1.29, 1.82) is 0 Å². The first-order valence-corrected chi connectivity index (χ1v) is 7.24. The summed E-state index contributed by atoms with van der Waals surface area (Å²) in [6.45, 7) is 2.39. The van der Waals surface area contributed by atoms with Crippen molar-refractivity contribution >= 4 is 23.4 Å². The van der Waals surface area contributed by atoms with Crippen molar-refractivity contribution in [2.75, 3.05) is 13.6 Å². The molecule has 0 spiro atoms. The predicted molar refractivity (Wildman–Crippen MR) is 78.3 cm³/mol. The normalized spacial score (nSPS) is 17.9. The van der Waals surface area contributed by atoms with E-state index in [1.54, 1.807) is 18.0 Å². The molecule has 1 aliphatic heterocycles. The van der Waals surface area contributed by atoms with Gasteiger partial charge >= 0.3 is 0 Å². The number of carbonyl (C=O) groups is 2. The number of amides is 2. The fourth-order valence-electron chi connectivity index (χ4n) is 2.64. The van der Waals surface area contributed by atoms with Crippen LogP contribution >= 0.6 is 11.6 Å². The lowest BCUT2D eigenvalue weighted by Crippen LogP contribution is -2.45. The number of hydrogen-bond acceptors (Lipinski definition) is 2. The molecule has 114 valence electrons. The second kappa shape index (κ2) is 6.43. The van der Waals surface area contributed by atoms with E-state index in [4.69, 9.17) is 11.6 Å². The molecule has 1 aromatic carbocycles. The summed E-state index contributed by atoms with van der Waals surface area (Å²) in [5, 5.41) is 0.296. The summed E-state index contributed by atoms with van der Waals surface area (Å²) in [7, 11) is 1.67. The number of nitrogens with zero attached hydrogens (tertiary/aromatic N) is 2. The Bertz CT molecular complexity index is 565. The lowest BCUT2D eigenvalue weighted by molar-refractivity contribution is -0.142. The van der Waals surface area contributed by atoms with Crippen LogP contribution in [0.2, 0.25) is 5.02 Å². The highest BCUT2D eigenvalue weighted by molar-refractivity contribution is 6.31. The molecule has 6 heteroatoms. The SMILES string of the molecule is CC(=O)N1CCC[C@H]1C(=O)N(C)Cc1ccc(F)cc1Cl. The van der Waals surface area contributed by atoms with Crippen LogP contribution in [-0.2, 0) is 16.1 Å². The molecule has 21 heavy (non-hydrogen) atoms. The summed E-state index contributed by atoms with van der Waals surface area (Å²) < 4.78 is 13.0. The molecule has 0 saturated carbocycles. The molecule has 0 N–H and O–H groups in total. The monoisotopic (exact) mass is 312 g/mol. The van der Waals surface area contributed by atoms with Crippen LogP contribution in [0.3, 0.4) is 0 Å². The number of halogens is 2. The van der Waals surface area contributed by atoms with Crippen LogP contribution in [0.4, 0.5) is 4.39 Å². The van der Waals surface area contributed by atoms with Crippen molar-refractivity contribution in [3.8, 4) is 0 Å². The minimum Gasteiger partial charge on any atom is -0.340 e.